The number of rotatable bonds is 6. The number of nitrogens with zero attached hydrogens (tertiary/aromatic N) is 1. The first-order chi connectivity index (χ1) is 12.1. The van der Waals surface area contributed by atoms with Crippen molar-refractivity contribution in [2.75, 3.05) is 18.4 Å². The van der Waals surface area contributed by atoms with Crippen molar-refractivity contribution in [2.45, 2.75) is 26.4 Å². The molecule has 0 unspecified atom stereocenters. The predicted octanol–water partition coefficient (Wildman–Crippen LogP) is 3.13. The molecule has 2 amide bonds. The minimum Gasteiger partial charge on any atom is -0.487 e. The Hall–Kier alpha value is -2.82. The molecule has 0 aliphatic carbocycles. The molecule has 0 saturated carbocycles. The van der Waals surface area contributed by atoms with Crippen molar-refractivity contribution in [3.63, 3.8) is 0 Å². The van der Waals surface area contributed by atoms with E-state index in [1.54, 1.807) is 4.90 Å². The second kappa shape index (κ2) is 7.83. The normalized spacial score (nSPS) is 13.8. The number of hydrogen-bond donors (Lipinski definition) is 1. The van der Waals surface area contributed by atoms with Crippen LogP contribution in [0.25, 0.3) is 0 Å². The van der Waals surface area contributed by atoms with E-state index in [-0.39, 0.29) is 18.4 Å². The molecule has 1 N–H and O–H groups in total. The van der Waals surface area contributed by atoms with Gasteiger partial charge in [-0.1, -0.05) is 36.4 Å². The van der Waals surface area contributed by atoms with Crippen molar-refractivity contribution in [3.8, 4) is 5.75 Å². The molecule has 0 aromatic heterocycles. The molecule has 2 aromatic carbocycles. The molecular formula is C20H22N2O3. The van der Waals surface area contributed by atoms with Gasteiger partial charge in [0.2, 0.25) is 11.8 Å². The molecule has 1 aliphatic rings. The third kappa shape index (κ3) is 4.59. The first-order valence-corrected chi connectivity index (χ1v) is 8.47. The van der Waals surface area contributed by atoms with Crippen LogP contribution in [0.4, 0.5) is 5.69 Å². The van der Waals surface area contributed by atoms with Gasteiger partial charge < -0.3 is 15.0 Å². The van der Waals surface area contributed by atoms with Gasteiger partial charge in [-0.2, -0.15) is 0 Å². The molecule has 25 heavy (non-hydrogen) atoms. The molecule has 5 nitrogen and oxygen atoms in total. The van der Waals surface area contributed by atoms with Crippen molar-refractivity contribution in [1.82, 2.24) is 4.90 Å². The fraction of sp³-hybridized carbons (Fsp3) is 0.300. The maximum absolute atomic E-state index is 12.3. The van der Waals surface area contributed by atoms with Gasteiger partial charge in [0.05, 0.1) is 12.2 Å². The lowest BCUT2D eigenvalue weighted by Crippen LogP contribution is -2.34. The van der Waals surface area contributed by atoms with Gasteiger partial charge in [0, 0.05) is 13.0 Å². The second-order valence-electron chi connectivity index (χ2n) is 6.24. The number of ether oxygens (including phenoxy) is 1. The maximum Gasteiger partial charge on any atom is 0.244 e. The van der Waals surface area contributed by atoms with Crippen molar-refractivity contribution in [3.05, 3.63) is 59.7 Å². The van der Waals surface area contributed by atoms with Gasteiger partial charge in [-0.3, -0.25) is 9.59 Å². The Bertz CT molecular complexity index is 759. The van der Waals surface area contributed by atoms with Crippen LogP contribution in [0.1, 0.15) is 24.0 Å². The Balaban J connectivity index is 1.66. The number of amides is 2. The summed E-state index contributed by atoms with van der Waals surface area (Å²) in [5.74, 6) is 0.459. The van der Waals surface area contributed by atoms with E-state index >= 15 is 0 Å². The van der Waals surface area contributed by atoms with E-state index in [4.69, 9.17) is 4.74 Å². The smallest absolute Gasteiger partial charge is 0.244 e. The fourth-order valence-corrected chi connectivity index (χ4v) is 2.84. The summed E-state index contributed by atoms with van der Waals surface area (Å²) in [6, 6.07) is 15.5. The quantitative estimate of drug-likeness (QED) is 0.880. The minimum absolute atomic E-state index is 0.0416. The van der Waals surface area contributed by atoms with E-state index in [0.717, 1.165) is 17.5 Å². The predicted molar refractivity (Wildman–Crippen MR) is 96.4 cm³/mol. The first kappa shape index (κ1) is 17.0. The van der Waals surface area contributed by atoms with Crippen LogP contribution in [0.5, 0.6) is 5.75 Å². The number of carbonyl (C=O) groups is 2. The van der Waals surface area contributed by atoms with E-state index in [1.165, 1.54) is 0 Å². The SMILES string of the molecule is Cc1ccc(OCc2ccccc2)c(NC(=O)CN2CCCC2=O)c1. The summed E-state index contributed by atoms with van der Waals surface area (Å²) in [6.07, 6.45) is 1.35. The van der Waals surface area contributed by atoms with Crippen LogP contribution < -0.4 is 10.1 Å². The van der Waals surface area contributed by atoms with Crippen LogP contribution in [0.3, 0.4) is 0 Å². The van der Waals surface area contributed by atoms with E-state index in [0.29, 0.717) is 31.0 Å². The highest BCUT2D eigenvalue weighted by molar-refractivity contribution is 5.96. The average Bonchev–Trinajstić information content (AvgIpc) is 3.00. The molecule has 1 fully saturated rings. The monoisotopic (exact) mass is 338 g/mol. The lowest BCUT2D eigenvalue weighted by Gasteiger charge is -2.17. The first-order valence-electron chi connectivity index (χ1n) is 8.47. The van der Waals surface area contributed by atoms with Gasteiger partial charge in [-0.05, 0) is 36.6 Å². The summed E-state index contributed by atoms with van der Waals surface area (Å²) in [7, 11) is 0. The van der Waals surface area contributed by atoms with E-state index in [2.05, 4.69) is 5.32 Å². The highest BCUT2D eigenvalue weighted by atomic mass is 16.5. The molecule has 0 bridgehead atoms. The van der Waals surface area contributed by atoms with Crippen LogP contribution in [-0.2, 0) is 16.2 Å². The highest BCUT2D eigenvalue weighted by Crippen LogP contribution is 2.26. The van der Waals surface area contributed by atoms with Crippen LogP contribution in [0.2, 0.25) is 0 Å². The van der Waals surface area contributed by atoms with Crippen molar-refractivity contribution in [1.29, 1.82) is 0 Å². The topological polar surface area (TPSA) is 58.6 Å². The Morgan fingerprint density at radius 1 is 1.20 bits per heavy atom. The molecule has 0 atom stereocenters. The number of hydrogen-bond acceptors (Lipinski definition) is 3. The Morgan fingerprint density at radius 3 is 2.72 bits per heavy atom. The molecule has 1 saturated heterocycles. The summed E-state index contributed by atoms with van der Waals surface area (Å²) in [4.78, 5) is 25.5. The van der Waals surface area contributed by atoms with Crippen LogP contribution in [-0.4, -0.2) is 29.8 Å². The Kier molecular flexibility index (Phi) is 5.33. The molecule has 1 heterocycles. The van der Waals surface area contributed by atoms with Gasteiger partial charge >= 0.3 is 0 Å². The maximum atomic E-state index is 12.3. The van der Waals surface area contributed by atoms with Crippen molar-refractivity contribution < 1.29 is 14.3 Å². The van der Waals surface area contributed by atoms with E-state index in [1.807, 2.05) is 55.5 Å². The number of likely N-dealkylation sites (tertiary alicyclic amines) is 1. The van der Waals surface area contributed by atoms with Gasteiger partial charge in [-0.15, -0.1) is 0 Å². The van der Waals surface area contributed by atoms with E-state index < -0.39 is 0 Å². The third-order valence-electron chi connectivity index (χ3n) is 4.15. The van der Waals surface area contributed by atoms with Crippen LogP contribution in [0, 0.1) is 6.92 Å². The molecule has 5 heteroatoms. The zero-order valence-electron chi connectivity index (χ0n) is 14.3. The van der Waals surface area contributed by atoms with Crippen molar-refractivity contribution >= 4 is 17.5 Å². The van der Waals surface area contributed by atoms with Gasteiger partial charge in [0.15, 0.2) is 0 Å². The molecule has 0 radical (unpaired) electrons. The lowest BCUT2D eigenvalue weighted by molar-refractivity contribution is -0.131. The summed E-state index contributed by atoms with van der Waals surface area (Å²) < 4.78 is 5.87. The molecule has 3 rings (SSSR count). The Morgan fingerprint density at radius 2 is 2.00 bits per heavy atom. The van der Waals surface area contributed by atoms with Gasteiger partial charge in [0.25, 0.3) is 0 Å². The summed E-state index contributed by atoms with van der Waals surface area (Å²) in [5.41, 5.74) is 2.72. The molecule has 1 aliphatic heterocycles. The van der Waals surface area contributed by atoms with Crippen LogP contribution in [0.15, 0.2) is 48.5 Å². The molecule has 2 aromatic rings. The number of nitrogens with one attached hydrogen (secondary N) is 1. The molecule has 130 valence electrons. The largest absolute Gasteiger partial charge is 0.487 e. The van der Waals surface area contributed by atoms with Crippen LogP contribution >= 0.6 is 0 Å². The summed E-state index contributed by atoms with van der Waals surface area (Å²) in [6.45, 7) is 3.13. The van der Waals surface area contributed by atoms with Gasteiger partial charge in [0.1, 0.15) is 12.4 Å². The zero-order valence-corrected chi connectivity index (χ0v) is 14.3. The van der Waals surface area contributed by atoms with Crippen molar-refractivity contribution in [2.24, 2.45) is 0 Å². The third-order valence-corrected chi connectivity index (χ3v) is 4.15. The standard InChI is InChI=1S/C20H22N2O3/c1-15-9-10-18(25-14-16-6-3-2-4-7-16)17(12-15)21-19(23)13-22-11-5-8-20(22)24/h2-4,6-7,9-10,12H,5,8,11,13-14H2,1H3,(H,21,23). The van der Waals surface area contributed by atoms with Gasteiger partial charge in [-0.25, -0.2) is 0 Å². The number of benzene rings is 2. The van der Waals surface area contributed by atoms with E-state index in [9.17, 15) is 9.59 Å². The number of anilines is 1. The Labute approximate surface area is 147 Å². The molecule has 0 spiro atoms. The minimum atomic E-state index is -0.203. The summed E-state index contributed by atoms with van der Waals surface area (Å²) in [5, 5.41) is 2.88. The average molecular weight is 338 g/mol. The lowest BCUT2D eigenvalue weighted by atomic mass is 10.2. The highest BCUT2D eigenvalue weighted by Gasteiger charge is 2.22. The fourth-order valence-electron chi connectivity index (χ4n) is 2.84. The number of aryl methyl sites for hydroxylation is 1. The number of carbonyl (C=O) groups excluding carboxylic acids is 2. The molecular weight excluding hydrogens is 316 g/mol. The second-order valence-corrected chi connectivity index (χ2v) is 6.24. The summed E-state index contributed by atoms with van der Waals surface area (Å²) >= 11 is 0. The zero-order chi connectivity index (χ0) is 17.6.